The Labute approximate surface area is 117 Å². The maximum absolute atomic E-state index is 13.6. The number of benzene rings is 1. The molecule has 1 aromatic rings. The molecule has 1 saturated carbocycles. The highest BCUT2D eigenvalue weighted by atomic mass is 19.1. The van der Waals surface area contributed by atoms with Crippen molar-refractivity contribution in [3.63, 3.8) is 0 Å². The Morgan fingerprint density at radius 3 is 2.60 bits per heavy atom. The van der Waals surface area contributed by atoms with Gasteiger partial charge in [-0.15, -0.1) is 0 Å². The van der Waals surface area contributed by atoms with Gasteiger partial charge in [0.1, 0.15) is 5.82 Å². The van der Waals surface area contributed by atoms with E-state index in [-0.39, 0.29) is 12.1 Å². The average molecular weight is 279 g/mol. The van der Waals surface area contributed by atoms with Crippen LogP contribution in [0.1, 0.15) is 41.6 Å². The first-order valence-electron chi connectivity index (χ1n) is 6.72. The van der Waals surface area contributed by atoms with E-state index in [1.54, 1.807) is 13.0 Å². The number of amides is 1. The summed E-state index contributed by atoms with van der Waals surface area (Å²) in [5.41, 5.74) is -0.149. The molecule has 0 saturated heterocycles. The average Bonchev–Trinajstić information content (AvgIpc) is 2.89. The molecule has 0 aromatic heterocycles. The maximum Gasteiger partial charge on any atom is 0.311 e. The number of halogens is 1. The minimum atomic E-state index is -0.893. The number of aryl methyl sites for hydroxylation is 1. The number of carboxylic acids is 1. The van der Waals surface area contributed by atoms with Crippen LogP contribution in [-0.2, 0) is 4.79 Å². The minimum Gasteiger partial charge on any atom is -0.481 e. The quantitative estimate of drug-likeness (QED) is 0.890. The normalized spacial score (nSPS) is 16.9. The van der Waals surface area contributed by atoms with Crippen molar-refractivity contribution in [1.82, 2.24) is 5.32 Å². The Morgan fingerprint density at radius 2 is 2.00 bits per heavy atom. The van der Waals surface area contributed by atoms with Crippen molar-refractivity contribution in [2.45, 2.75) is 32.6 Å². The molecule has 0 heterocycles. The smallest absolute Gasteiger partial charge is 0.311 e. The fourth-order valence-electron chi connectivity index (χ4n) is 2.68. The van der Waals surface area contributed by atoms with Gasteiger partial charge in [-0.3, -0.25) is 9.59 Å². The molecule has 1 fully saturated rings. The topological polar surface area (TPSA) is 66.4 Å². The molecule has 2 rings (SSSR count). The molecule has 0 atom stereocenters. The van der Waals surface area contributed by atoms with E-state index in [1.165, 1.54) is 12.1 Å². The standard InChI is InChI=1S/C15H18FNO3/c1-10-4-5-12(16)11(8-10)13(18)17-9-15(14(19)20)6-2-3-7-15/h4-5,8H,2-3,6-7,9H2,1H3,(H,17,18)(H,19,20). The molecular weight excluding hydrogens is 261 g/mol. The third kappa shape index (κ3) is 2.81. The molecule has 1 amide bonds. The van der Waals surface area contributed by atoms with Crippen LogP contribution < -0.4 is 5.32 Å². The molecule has 0 bridgehead atoms. The van der Waals surface area contributed by atoms with Crippen molar-refractivity contribution in [2.24, 2.45) is 5.41 Å². The van der Waals surface area contributed by atoms with Crippen molar-refractivity contribution in [2.75, 3.05) is 6.54 Å². The fraction of sp³-hybridized carbons (Fsp3) is 0.467. The van der Waals surface area contributed by atoms with Crippen LogP contribution in [0.3, 0.4) is 0 Å². The fourth-order valence-corrected chi connectivity index (χ4v) is 2.68. The molecule has 0 unspecified atom stereocenters. The Hall–Kier alpha value is -1.91. The number of hydrogen-bond acceptors (Lipinski definition) is 2. The zero-order valence-electron chi connectivity index (χ0n) is 11.4. The van der Waals surface area contributed by atoms with Crippen molar-refractivity contribution in [3.8, 4) is 0 Å². The van der Waals surface area contributed by atoms with E-state index in [0.717, 1.165) is 18.4 Å². The van der Waals surface area contributed by atoms with Gasteiger partial charge in [0.05, 0.1) is 11.0 Å². The molecule has 20 heavy (non-hydrogen) atoms. The number of hydrogen-bond donors (Lipinski definition) is 2. The minimum absolute atomic E-state index is 0.0384. The zero-order chi connectivity index (χ0) is 14.8. The number of rotatable bonds is 4. The van der Waals surface area contributed by atoms with Crippen molar-refractivity contribution >= 4 is 11.9 Å². The lowest BCUT2D eigenvalue weighted by Crippen LogP contribution is -2.41. The first-order chi connectivity index (χ1) is 9.44. The van der Waals surface area contributed by atoms with E-state index in [2.05, 4.69) is 5.32 Å². The molecule has 1 aliphatic carbocycles. The van der Waals surface area contributed by atoms with Crippen molar-refractivity contribution in [3.05, 3.63) is 35.1 Å². The van der Waals surface area contributed by atoms with Gasteiger partial charge in [-0.1, -0.05) is 24.5 Å². The second-order valence-electron chi connectivity index (χ2n) is 5.46. The molecule has 4 nitrogen and oxygen atoms in total. The number of carbonyl (C=O) groups is 2. The highest BCUT2D eigenvalue weighted by molar-refractivity contribution is 5.95. The Balaban J connectivity index is 2.08. The van der Waals surface area contributed by atoms with Gasteiger partial charge in [-0.2, -0.15) is 0 Å². The predicted molar refractivity (Wildman–Crippen MR) is 72.0 cm³/mol. The summed E-state index contributed by atoms with van der Waals surface area (Å²) in [4.78, 5) is 23.4. The summed E-state index contributed by atoms with van der Waals surface area (Å²) in [6.45, 7) is 1.82. The largest absolute Gasteiger partial charge is 0.481 e. The van der Waals surface area contributed by atoms with Gasteiger partial charge < -0.3 is 10.4 Å². The third-order valence-corrected chi connectivity index (χ3v) is 3.97. The summed E-state index contributed by atoms with van der Waals surface area (Å²) in [6, 6.07) is 4.29. The Morgan fingerprint density at radius 1 is 1.35 bits per heavy atom. The molecule has 108 valence electrons. The molecular formula is C15H18FNO3. The summed E-state index contributed by atoms with van der Waals surface area (Å²) in [7, 11) is 0. The third-order valence-electron chi connectivity index (χ3n) is 3.97. The lowest BCUT2D eigenvalue weighted by Gasteiger charge is -2.24. The van der Waals surface area contributed by atoms with Gasteiger partial charge in [0.25, 0.3) is 5.91 Å². The lowest BCUT2D eigenvalue weighted by atomic mass is 9.86. The van der Waals surface area contributed by atoms with E-state index >= 15 is 0 Å². The first-order valence-corrected chi connectivity index (χ1v) is 6.72. The summed E-state index contributed by atoms with van der Waals surface area (Å²) in [5.74, 6) is -2.04. The summed E-state index contributed by atoms with van der Waals surface area (Å²) in [5, 5.41) is 11.9. The lowest BCUT2D eigenvalue weighted by molar-refractivity contribution is -0.148. The van der Waals surface area contributed by atoms with E-state index in [9.17, 15) is 19.1 Å². The molecule has 0 aliphatic heterocycles. The van der Waals surface area contributed by atoms with E-state index in [0.29, 0.717) is 12.8 Å². The molecule has 1 aromatic carbocycles. The van der Waals surface area contributed by atoms with Crippen LogP contribution in [0.4, 0.5) is 4.39 Å². The van der Waals surface area contributed by atoms with Gasteiger partial charge in [0.2, 0.25) is 0 Å². The van der Waals surface area contributed by atoms with Gasteiger partial charge in [-0.25, -0.2) is 4.39 Å². The Bertz CT molecular complexity index is 536. The SMILES string of the molecule is Cc1ccc(F)c(C(=O)NCC2(C(=O)O)CCCC2)c1. The summed E-state index contributed by atoms with van der Waals surface area (Å²) < 4.78 is 13.6. The second kappa shape index (κ2) is 5.61. The predicted octanol–water partition coefficient (Wildman–Crippen LogP) is 2.51. The Kier molecular flexibility index (Phi) is 4.06. The highest BCUT2D eigenvalue weighted by Gasteiger charge is 2.41. The molecule has 5 heteroatoms. The van der Waals surface area contributed by atoms with E-state index in [1.807, 2.05) is 0 Å². The summed E-state index contributed by atoms with van der Waals surface area (Å²) >= 11 is 0. The summed E-state index contributed by atoms with van der Waals surface area (Å²) in [6.07, 6.45) is 2.81. The van der Waals surface area contributed by atoms with Crippen LogP contribution in [0.2, 0.25) is 0 Å². The molecule has 0 radical (unpaired) electrons. The van der Waals surface area contributed by atoms with Crippen LogP contribution >= 0.6 is 0 Å². The number of carbonyl (C=O) groups excluding carboxylic acids is 1. The van der Waals surface area contributed by atoms with Crippen molar-refractivity contribution < 1.29 is 19.1 Å². The highest BCUT2D eigenvalue weighted by Crippen LogP contribution is 2.37. The zero-order valence-corrected chi connectivity index (χ0v) is 11.4. The van der Waals surface area contributed by atoms with E-state index < -0.39 is 23.1 Å². The van der Waals surface area contributed by atoms with Crippen LogP contribution in [-0.4, -0.2) is 23.5 Å². The van der Waals surface area contributed by atoms with Gasteiger partial charge in [-0.05, 0) is 31.9 Å². The van der Waals surface area contributed by atoms with Crippen molar-refractivity contribution in [1.29, 1.82) is 0 Å². The maximum atomic E-state index is 13.6. The molecule has 0 spiro atoms. The molecule has 2 N–H and O–H groups in total. The molecule has 1 aliphatic rings. The van der Waals surface area contributed by atoms with Crippen LogP contribution in [0.15, 0.2) is 18.2 Å². The number of aliphatic carboxylic acids is 1. The van der Waals surface area contributed by atoms with Gasteiger partial charge in [0, 0.05) is 6.54 Å². The van der Waals surface area contributed by atoms with Gasteiger partial charge in [0.15, 0.2) is 0 Å². The number of nitrogens with one attached hydrogen (secondary N) is 1. The number of carboxylic acid groups (broad SMARTS) is 1. The van der Waals surface area contributed by atoms with Gasteiger partial charge >= 0.3 is 5.97 Å². The first kappa shape index (κ1) is 14.5. The van der Waals surface area contributed by atoms with E-state index in [4.69, 9.17) is 0 Å². The van der Waals surface area contributed by atoms with Crippen LogP contribution in [0.5, 0.6) is 0 Å². The monoisotopic (exact) mass is 279 g/mol. The van der Waals surface area contributed by atoms with Crippen LogP contribution in [0.25, 0.3) is 0 Å². The van der Waals surface area contributed by atoms with Crippen LogP contribution in [0, 0.1) is 18.2 Å². The second-order valence-corrected chi connectivity index (χ2v) is 5.46.